The molecule has 1 aromatic carbocycles. The van der Waals surface area contributed by atoms with E-state index < -0.39 is 6.10 Å². The largest absolute Gasteiger partial charge is 0.362 e. The maximum Gasteiger partial charge on any atom is 0.321 e. The van der Waals surface area contributed by atoms with Crippen LogP contribution in [-0.2, 0) is 16.0 Å². The third-order valence-electron chi connectivity index (χ3n) is 6.50. The van der Waals surface area contributed by atoms with E-state index >= 15 is 0 Å². The summed E-state index contributed by atoms with van der Waals surface area (Å²) >= 11 is 0. The van der Waals surface area contributed by atoms with E-state index in [9.17, 15) is 9.59 Å². The van der Waals surface area contributed by atoms with Gasteiger partial charge in [0, 0.05) is 30.9 Å². The second-order valence-electron chi connectivity index (χ2n) is 8.52. The molecule has 0 radical (unpaired) electrons. The van der Waals surface area contributed by atoms with Crippen LogP contribution in [-0.4, -0.2) is 46.6 Å². The monoisotopic (exact) mass is 422 g/mol. The molecule has 164 valence electrons. The van der Waals surface area contributed by atoms with Gasteiger partial charge in [-0.2, -0.15) is 0 Å². The molecule has 0 aliphatic carbocycles. The Balaban J connectivity index is 1.33. The molecule has 1 spiro atoms. The molecule has 7 heteroatoms. The summed E-state index contributed by atoms with van der Waals surface area (Å²) < 4.78 is 6.32. The molecule has 31 heavy (non-hydrogen) atoms. The summed E-state index contributed by atoms with van der Waals surface area (Å²) in [6, 6.07) is 11.5. The van der Waals surface area contributed by atoms with Gasteiger partial charge in [0.2, 0.25) is 0 Å². The van der Waals surface area contributed by atoms with Crippen molar-refractivity contribution in [3.8, 4) is 0 Å². The topological polar surface area (TPSA) is 83.6 Å². The van der Waals surface area contributed by atoms with Crippen LogP contribution in [0.3, 0.4) is 0 Å². The molecule has 2 aliphatic heterocycles. The van der Waals surface area contributed by atoms with Gasteiger partial charge in [-0.25, -0.2) is 4.79 Å². The van der Waals surface area contributed by atoms with Crippen LogP contribution in [0.5, 0.6) is 0 Å². The van der Waals surface area contributed by atoms with Crippen LogP contribution < -0.4 is 10.6 Å². The van der Waals surface area contributed by atoms with E-state index in [1.165, 1.54) is 5.56 Å². The Kier molecular flexibility index (Phi) is 6.23. The van der Waals surface area contributed by atoms with Gasteiger partial charge >= 0.3 is 6.03 Å². The second-order valence-corrected chi connectivity index (χ2v) is 8.52. The highest BCUT2D eigenvalue weighted by molar-refractivity contribution is 5.94. The molecule has 7 nitrogen and oxygen atoms in total. The van der Waals surface area contributed by atoms with E-state index in [0.29, 0.717) is 25.2 Å². The van der Waals surface area contributed by atoms with Gasteiger partial charge in [-0.3, -0.25) is 9.78 Å². The lowest BCUT2D eigenvalue weighted by Crippen LogP contribution is -2.53. The number of hydrogen-bond donors (Lipinski definition) is 2. The van der Waals surface area contributed by atoms with Crippen molar-refractivity contribution < 1.29 is 14.3 Å². The minimum atomic E-state index is -0.472. The number of anilines is 2. The van der Waals surface area contributed by atoms with Gasteiger partial charge in [-0.1, -0.05) is 26.0 Å². The van der Waals surface area contributed by atoms with Crippen molar-refractivity contribution in [3.63, 3.8) is 0 Å². The third-order valence-corrected chi connectivity index (χ3v) is 6.50. The number of carbonyl (C=O) groups excluding carboxylic acids is 2. The molecule has 4 rings (SSSR count). The normalized spacial score (nSPS) is 25.4. The molecule has 0 bridgehead atoms. The van der Waals surface area contributed by atoms with Gasteiger partial charge < -0.3 is 20.3 Å². The molecule has 2 saturated heterocycles. The number of urea groups is 1. The molecule has 2 fully saturated rings. The first kappa shape index (κ1) is 21.3. The Morgan fingerprint density at radius 3 is 2.77 bits per heavy atom. The molecule has 1 aromatic heterocycles. The molecule has 2 N–H and O–H groups in total. The second kappa shape index (κ2) is 9.06. The zero-order chi connectivity index (χ0) is 21.8. The number of aromatic nitrogens is 1. The van der Waals surface area contributed by atoms with Crippen LogP contribution in [0.15, 0.2) is 48.8 Å². The van der Waals surface area contributed by atoms with Gasteiger partial charge in [0.25, 0.3) is 5.91 Å². The number of aryl methyl sites for hydroxylation is 1. The minimum Gasteiger partial charge on any atom is -0.362 e. The van der Waals surface area contributed by atoms with Crippen molar-refractivity contribution in [3.05, 3.63) is 54.4 Å². The average molecular weight is 423 g/mol. The fourth-order valence-electron chi connectivity index (χ4n) is 4.58. The predicted molar refractivity (Wildman–Crippen MR) is 120 cm³/mol. The van der Waals surface area contributed by atoms with Crippen LogP contribution in [0.25, 0.3) is 0 Å². The Labute approximate surface area is 183 Å². The van der Waals surface area contributed by atoms with Gasteiger partial charge in [-0.05, 0) is 55.5 Å². The lowest BCUT2D eigenvalue weighted by Gasteiger charge is -2.44. The SMILES string of the molecule is CCc1cccc(NC(=O)N2CC[C@]3(CC[C@H](C(=O)Nc4cccnc4)O3)[C@@H](C)C2)c1. The Bertz CT molecular complexity index is 935. The number of rotatable bonds is 4. The van der Waals surface area contributed by atoms with Crippen LogP contribution >= 0.6 is 0 Å². The number of likely N-dealkylation sites (tertiary alicyclic amines) is 1. The van der Waals surface area contributed by atoms with Gasteiger partial charge in [-0.15, -0.1) is 0 Å². The van der Waals surface area contributed by atoms with Gasteiger partial charge in [0.1, 0.15) is 6.10 Å². The smallest absolute Gasteiger partial charge is 0.321 e. The number of pyridine rings is 1. The fraction of sp³-hybridized carbons (Fsp3) is 0.458. The van der Waals surface area contributed by atoms with Crippen molar-refractivity contribution in [2.45, 2.75) is 51.2 Å². The number of ether oxygens (including phenoxy) is 1. The Hall–Kier alpha value is -2.93. The van der Waals surface area contributed by atoms with Crippen molar-refractivity contribution >= 4 is 23.3 Å². The number of carbonyl (C=O) groups is 2. The Morgan fingerprint density at radius 2 is 2.03 bits per heavy atom. The van der Waals surface area contributed by atoms with Crippen LogP contribution in [0, 0.1) is 5.92 Å². The molecule has 3 atom stereocenters. The molecular weight excluding hydrogens is 392 g/mol. The van der Waals surface area contributed by atoms with E-state index in [1.807, 2.05) is 29.2 Å². The molecule has 2 aromatic rings. The quantitative estimate of drug-likeness (QED) is 0.778. The number of benzene rings is 1. The van der Waals surface area contributed by atoms with E-state index in [1.54, 1.807) is 18.5 Å². The Morgan fingerprint density at radius 1 is 1.19 bits per heavy atom. The third kappa shape index (κ3) is 4.71. The van der Waals surface area contributed by atoms with Crippen molar-refractivity contribution in [2.24, 2.45) is 5.92 Å². The number of hydrogen-bond acceptors (Lipinski definition) is 4. The highest BCUT2D eigenvalue weighted by Gasteiger charge is 2.49. The van der Waals surface area contributed by atoms with Crippen molar-refractivity contribution in [1.82, 2.24) is 9.88 Å². The summed E-state index contributed by atoms with van der Waals surface area (Å²) in [5.41, 5.74) is 2.33. The van der Waals surface area contributed by atoms with Crippen molar-refractivity contribution in [1.29, 1.82) is 0 Å². The van der Waals surface area contributed by atoms with Crippen LogP contribution in [0.1, 0.15) is 38.7 Å². The summed E-state index contributed by atoms with van der Waals surface area (Å²) in [6.07, 6.45) is 5.99. The number of amides is 3. The van der Waals surface area contributed by atoms with Gasteiger partial charge in [0.15, 0.2) is 0 Å². The van der Waals surface area contributed by atoms with E-state index in [-0.39, 0.29) is 23.5 Å². The molecule has 0 unspecified atom stereocenters. The first-order chi connectivity index (χ1) is 15.0. The highest BCUT2D eigenvalue weighted by atomic mass is 16.5. The molecule has 3 heterocycles. The fourth-order valence-corrected chi connectivity index (χ4v) is 4.58. The van der Waals surface area contributed by atoms with E-state index in [0.717, 1.165) is 24.9 Å². The van der Waals surface area contributed by atoms with Crippen LogP contribution in [0.4, 0.5) is 16.2 Å². The maximum atomic E-state index is 12.8. The summed E-state index contributed by atoms with van der Waals surface area (Å²) in [6.45, 7) is 5.42. The highest BCUT2D eigenvalue weighted by Crippen LogP contribution is 2.42. The van der Waals surface area contributed by atoms with E-state index in [4.69, 9.17) is 4.74 Å². The molecule has 3 amide bonds. The standard InChI is InChI=1S/C24H30N4O3/c1-3-18-6-4-7-19(14-18)27-23(30)28-13-11-24(17(2)16-28)10-9-21(31-24)22(29)26-20-8-5-12-25-15-20/h4-8,12,14-15,17,21H,3,9-11,13,16H2,1-2H3,(H,26,29)(H,27,30)/t17-,21+,24+/m0/s1. The van der Waals surface area contributed by atoms with E-state index in [2.05, 4.69) is 35.5 Å². The summed E-state index contributed by atoms with van der Waals surface area (Å²) in [5.74, 6) is 0.0122. The lowest BCUT2D eigenvalue weighted by atomic mass is 9.80. The minimum absolute atomic E-state index is 0.0844. The van der Waals surface area contributed by atoms with Gasteiger partial charge in [0.05, 0.1) is 17.5 Å². The lowest BCUT2D eigenvalue weighted by molar-refractivity contribution is -0.141. The first-order valence-corrected chi connectivity index (χ1v) is 11.0. The predicted octanol–water partition coefficient (Wildman–Crippen LogP) is 4.07. The summed E-state index contributed by atoms with van der Waals surface area (Å²) in [7, 11) is 0. The number of nitrogens with one attached hydrogen (secondary N) is 2. The summed E-state index contributed by atoms with van der Waals surface area (Å²) in [4.78, 5) is 31.3. The molecule has 0 saturated carbocycles. The molecule has 2 aliphatic rings. The zero-order valence-electron chi connectivity index (χ0n) is 18.1. The van der Waals surface area contributed by atoms with Crippen LogP contribution in [0.2, 0.25) is 0 Å². The first-order valence-electron chi connectivity index (χ1n) is 11.0. The molecular formula is C24H30N4O3. The maximum absolute atomic E-state index is 12.8. The zero-order valence-corrected chi connectivity index (χ0v) is 18.1. The number of piperidine rings is 1. The summed E-state index contributed by atoms with van der Waals surface area (Å²) in [5, 5.41) is 5.90. The number of nitrogens with zero attached hydrogens (tertiary/aromatic N) is 2. The van der Waals surface area contributed by atoms with Crippen molar-refractivity contribution in [2.75, 3.05) is 23.7 Å². The average Bonchev–Trinajstić information content (AvgIpc) is 3.22.